The lowest BCUT2D eigenvalue weighted by atomic mass is 10.1. The fraction of sp³-hybridized carbons (Fsp3) is 0.500. The minimum atomic E-state index is -0.199. The highest BCUT2D eigenvalue weighted by molar-refractivity contribution is 6.05. The molecule has 0 fully saturated rings. The number of fused-ring (bicyclic) bond motifs is 1. The molecule has 7 nitrogen and oxygen atoms in total. The Bertz CT molecular complexity index is 887. The van der Waals surface area contributed by atoms with Gasteiger partial charge in [0.2, 0.25) is 5.82 Å². The zero-order chi connectivity index (χ0) is 21.0. The summed E-state index contributed by atoms with van der Waals surface area (Å²) in [6, 6.07) is 7.89. The summed E-state index contributed by atoms with van der Waals surface area (Å²) in [5, 5.41) is 2.93. The lowest BCUT2D eigenvalue weighted by Crippen LogP contribution is -2.33. The number of imidazole rings is 1. The molecule has 7 heteroatoms. The first-order valence-corrected chi connectivity index (χ1v) is 10.3. The van der Waals surface area contributed by atoms with E-state index in [-0.39, 0.29) is 11.8 Å². The molecule has 0 atom stereocenters. The highest BCUT2D eigenvalue weighted by Crippen LogP contribution is 2.24. The normalized spacial score (nSPS) is 13.3. The molecule has 1 N–H and O–H groups in total. The molecule has 2 aromatic rings. The predicted molar refractivity (Wildman–Crippen MR) is 115 cm³/mol. The smallest absolute Gasteiger partial charge is 0.294 e. The molecule has 1 aromatic carbocycles. The van der Waals surface area contributed by atoms with Gasteiger partial charge in [0.15, 0.2) is 0 Å². The number of nitrogens with one attached hydrogen (secondary N) is 1. The van der Waals surface area contributed by atoms with Crippen LogP contribution in [0.2, 0.25) is 0 Å². The van der Waals surface area contributed by atoms with Crippen molar-refractivity contribution in [1.29, 1.82) is 0 Å². The molecule has 0 radical (unpaired) electrons. The van der Waals surface area contributed by atoms with Gasteiger partial charge >= 0.3 is 0 Å². The van der Waals surface area contributed by atoms with Crippen LogP contribution >= 0.6 is 0 Å². The van der Waals surface area contributed by atoms with Crippen molar-refractivity contribution in [3.05, 3.63) is 47.0 Å². The van der Waals surface area contributed by atoms with E-state index in [0.717, 1.165) is 49.3 Å². The first-order chi connectivity index (χ1) is 13.9. The van der Waals surface area contributed by atoms with Crippen molar-refractivity contribution >= 4 is 17.5 Å². The minimum absolute atomic E-state index is 0.159. The molecule has 2 heterocycles. The van der Waals surface area contributed by atoms with Crippen LogP contribution in [0.15, 0.2) is 24.3 Å². The number of amides is 2. The van der Waals surface area contributed by atoms with Gasteiger partial charge in [0, 0.05) is 31.9 Å². The first kappa shape index (κ1) is 21.0. The Kier molecular flexibility index (Phi) is 6.69. The van der Waals surface area contributed by atoms with Gasteiger partial charge in [0.25, 0.3) is 11.8 Å². The van der Waals surface area contributed by atoms with Gasteiger partial charge < -0.3 is 19.7 Å². The molecular weight excluding hydrogens is 366 g/mol. The molecule has 3 rings (SSSR count). The molecule has 1 aliphatic rings. The summed E-state index contributed by atoms with van der Waals surface area (Å²) in [7, 11) is 3.93. The van der Waals surface area contributed by atoms with Crippen LogP contribution in [0.1, 0.15) is 52.1 Å². The van der Waals surface area contributed by atoms with Crippen LogP contribution in [0.25, 0.3) is 0 Å². The minimum Gasteiger partial charge on any atom is -0.349 e. The van der Waals surface area contributed by atoms with E-state index in [2.05, 4.69) is 10.3 Å². The van der Waals surface area contributed by atoms with Gasteiger partial charge in [-0.2, -0.15) is 0 Å². The monoisotopic (exact) mass is 397 g/mol. The van der Waals surface area contributed by atoms with Crippen molar-refractivity contribution in [2.45, 2.75) is 39.7 Å². The topological polar surface area (TPSA) is 70.5 Å². The first-order valence-electron chi connectivity index (χ1n) is 10.3. The van der Waals surface area contributed by atoms with Crippen LogP contribution < -0.4 is 10.2 Å². The summed E-state index contributed by atoms with van der Waals surface area (Å²) in [6.07, 6.45) is 2.77. The van der Waals surface area contributed by atoms with Crippen molar-refractivity contribution in [2.75, 3.05) is 38.6 Å². The number of likely N-dealkylation sites (N-methyl/N-ethyl adjacent to an activating group) is 1. The van der Waals surface area contributed by atoms with Gasteiger partial charge in [0.1, 0.15) is 5.69 Å². The number of hydrogen-bond acceptors (Lipinski definition) is 4. The molecule has 1 aliphatic heterocycles. The maximum absolute atomic E-state index is 13.4. The van der Waals surface area contributed by atoms with Crippen LogP contribution in [0.4, 0.5) is 5.69 Å². The third-order valence-corrected chi connectivity index (χ3v) is 5.24. The Morgan fingerprint density at radius 3 is 2.72 bits per heavy atom. The zero-order valence-corrected chi connectivity index (χ0v) is 17.9. The highest BCUT2D eigenvalue weighted by Gasteiger charge is 2.29. The maximum Gasteiger partial charge on any atom is 0.294 e. The Morgan fingerprint density at radius 1 is 1.24 bits per heavy atom. The SMILES string of the molecule is CCN(C(=O)c1nc(C(=O)NCCN(C)C)c2n1CCCC2)c1cccc(C)c1. The molecule has 0 unspecified atom stereocenters. The second kappa shape index (κ2) is 9.22. The fourth-order valence-electron chi connectivity index (χ4n) is 3.72. The van der Waals surface area contributed by atoms with Gasteiger partial charge in [-0.05, 0) is 64.9 Å². The maximum atomic E-state index is 13.4. The van der Waals surface area contributed by atoms with E-state index in [9.17, 15) is 9.59 Å². The third-order valence-electron chi connectivity index (χ3n) is 5.24. The van der Waals surface area contributed by atoms with Crippen LogP contribution in [0.5, 0.6) is 0 Å². The molecule has 29 heavy (non-hydrogen) atoms. The lowest BCUT2D eigenvalue weighted by Gasteiger charge is -2.23. The van der Waals surface area contributed by atoms with Gasteiger partial charge in [-0.25, -0.2) is 4.98 Å². The second-order valence-corrected chi connectivity index (χ2v) is 7.79. The number of anilines is 1. The number of carbonyl (C=O) groups excluding carboxylic acids is 2. The summed E-state index contributed by atoms with van der Waals surface area (Å²) < 4.78 is 1.95. The summed E-state index contributed by atoms with van der Waals surface area (Å²) in [6.45, 7) is 6.52. The highest BCUT2D eigenvalue weighted by atomic mass is 16.2. The Balaban J connectivity index is 1.91. The molecule has 0 aliphatic carbocycles. The van der Waals surface area contributed by atoms with Gasteiger partial charge in [-0.15, -0.1) is 0 Å². The van der Waals surface area contributed by atoms with Crippen LogP contribution in [0.3, 0.4) is 0 Å². The Hall–Kier alpha value is -2.67. The second-order valence-electron chi connectivity index (χ2n) is 7.79. The van der Waals surface area contributed by atoms with E-state index >= 15 is 0 Å². The summed E-state index contributed by atoms with van der Waals surface area (Å²) in [4.78, 5) is 34.5. The number of benzene rings is 1. The number of rotatable bonds is 7. The van der Waals surface area contributed by atoms with E-state index in [0.29, 0.717) is 24.6 Å². The van der Waals surface area contributed by atoms with Crippen molar-refractivity contribution in [2.24, 2.45) is 0 Å². The van der Waals surface area contributed by atoms with Crippen LogP contribution in [-0.4, -0.2) is 60.0 Å². The molecular formula is C22H31N5O2. The quantitative estimate of drug-likeness (QED) is 0.779. The summed E-state index contributed by atoms with van der Waals surface area (Å²) in [5.74, 6) is 0.00422. The van der Waals surface area contributed by atoms with Crippen molar-refractivity contribution in [3.8, 4) is 0 Å². The number of aryl methyl sites for hydroxylation is 1. The molecule has 2 amide bonds. The van der Waals surface area contributed by atoms with Crippen molar-refractivity contribution < 1.29 is 9.59 Å². The lowest BCUT2D eigenvalue weighted by molar-refractivity contribution is 0.0945. The average Bonchev–Trinajstić information content (AvgIpc) is 3.08. The molecule has 0 bridgehead atoms. The molecule has 1 aromatic heterocycles. The largest absolute Gasteiger partial charge is 0.349 e. The number of nitrogens with zero attached hydrogens (tertiary/aromatic N) is 4. The average molecular weight is 398 g/mol. The summed E-state index contributed by atoms with van der Waals surface area (Å²) >= 11 is 0. The zero-order valence-electron chi connectivity index (χ0n) is 17.9. The standard InChI is InChI=1S/C22H31N5O2/c1-5-26(17-10-8-9-16(2)15-17)22(29)20-24-19(18-11-6-7-13-27(18)20)21(28)23-12-14-25(3)4/h8-10,15H,5-7,11-14H2,1-4H3,(H,23,28). The van der Waals surface area contributed by atoms with Gasteiger partial charge in [-0.1, -0.05) is 12.1 Å². The van der Waals surface area contributed by atoms with Crippen LogP contribution in [-0.2, 0) is 13.0 Å². The molecule has 156 valence electrons. The predicted octanol–water partition coefficient (Wildman–Crippen LogP) is 2.49. The van der Waals surface area contributed by atoms with E-state index in [1.165, 1.54) is 0 Å². The molecule has 0 saturated heterocycles. The molecule has 0 saturated carbocycles. The van der Waals surface area contributed by atoms with Crippen molar-refractivity contribution in [1.82, 2.24) is 19.8 Å². The van der Waals surface area contributed by atoms with Gasteiger partial charge in [0.05, 0.1) is 5.69 Å². The third kappa shape index (κ3) is 4.67. The van der Waals surface area contributed by atoms with E-state index in [4.69, 9.17) is 0 Å². The van der Waals surface area contributed by atoms with E-state index in [1.54, 1.807) is 4.90 Å². The number of carbonyl (C=O) groups is 2. The van der Waals surface area contributed by atoms with Crippen molar-refractivity contribution in [3.63, 3.8) is 0 Å². The number of hydrogen-bond donors (Lipinski definition) is 1. The summed E-state index contributed by atoms with van der Waals surface area (Å²) in [5.41, 5.74) is 3.22. The Morgan fingerprint density at radius 2 is 2.03 bits per heavy atom. The molecule has 0 spiro atoms. The number of aromatic nitrogens is 2. The van der Waals surface area contributed by atoms with E-state index in [1.807, 2.05) is 61.7 Å². The Labute approximate surface area is 172 Å². The fourth-order valence-corrected chi connectivity index (χ4v) is 3.72. The van der Waals surface area contributed by atoms with Crippen LogP contribution in [0, 0.1) is 6.92 Å². The van der Waals surface area contributed by atoms with E-state index < -0.39 is 0 Å². The van der Waals surface area contributed by atoms with Gasteiger partial charge in [-0.3, -0.25) is 9.59 Å².